The van der Waals surface area contributed by atoms with Crippen LogP contribution in [0.2, 0.25) is 0 Å². The number of esters is 1. The minimum Gasteiger partial charge on any atom is -0.485 e. The van der Waals surface area contributed by atoms with Crippen molar-refractivity contribution >= 4 is 11.8 Å². The molecule has 5 rings (SSSR count). The summed E-state index contributed by atoms with van der Waals surface area (Å²) in [6.45, 7) is 6.68. The summed E-state index contributed by atoms with van der Waals surface area (Å²) in [5.41, 5.74) is 1.76. The summed E-state index contributed by atoms with van der Waals surface area (Å²) in [5.74, 6) is -5.27. The number of rotatable bonds is 14. The van der Waals surface area contributed by atoms with Crippen molar-refractivity contribution in [3.8, 4) is 40.8 Å². The molecule has 0 radical (unpaired) electrons. The van der Waals surface area contributed by atoms with E-state index >= 15 is 8.78 Å². The van der Waals surface area contributed by atoms with Crippen LogP contribution in [0.3, 0.4) is 0 Å². The highest BCUT2D eigenvalue weighted by Gasteiger charge is 2.34. The van der Waals surface area contributed by atoms with Gasteiger partial charge in [0.05, 0.1) is 24.8 Å². The zero-order valence-electron chi connectivity index (χ0n) is 27.6. The van der Waals surface area contributed by atoms with Crippen LogP contribution in [0.4, 0.5) is 8.78 Å². The molecule has 0 amide bonds. The molecule has 49 heavy (non-hydrogen) atoms. The molecular weight excluding hydrogens is 634 g/mol. The number of carbonyl (C=O) groups excluding carboxylic acids is 1. The van der Waals surface area contributed by atoms with Crippen molar-refractivity contribution in [2.75, 3.05) is 26.7 Å². The van der Waals surface area contributed by atoms with Crippen LogP contribution in [-0.4, -0.2) is 54.5 Å². The Hall–Kier alpha value is -5.70. The standard InChI is InChI=1S/C37H36F2N4O6/c1-5-23(3)32(37(44)45-6-2)49-33-30(38)35(47-27-14-10-13-26(20-27)34-41-17-18-43(34)4)42-36(31(33)39)48-29-19-25(21-40)15-16-28(29)46-22-24-11-8-7-9-12-24/h7-16,19-20,23,32H,5-6,17-18,22H2,1-4H3. The molecular formula is C37H36F2N4O6. The molecule has 0 spiro atoms. The van der Waals surface area contributed by atoms with Crippen molar-refractivity contribution in [3.05, 3.63) is 101 Å². The molecule has 0 fully saturated rings. The van der Waals surface area contributed by atoms with Gasteiger partial charge in [-0.3, -0.25) is 4.99 Å². The van der Waals surface area contributed by atoms with Gasteiger partial charge in [0.15, 0.2) is 17.6 Å². The summed E-state index contributed by atoms with van der Waals surface area (Å²) in [6.07, 6.45) is -0.915. The number of nitrogens with zero attached hydrogens (tertiary/aromatic N) is 4. The van der Waals surface area contributed by atoms with Crippen LogP contribution in [-0.2, 0) is 16.1 Å². The SMILES string of the molecule is CCOC(=O)C(Oc1c(F)c(Oc2cccc(C3=NCCN3C)c2)nc(Oc2cc(C#N)ccc2OCc2ccccc2)c1F)C(C)CC. The highest BCUT2D eigenvalue weighted by Crippen LogP contribution is 2.41. The Morgan fingerprint density at radius 1 is 0.980 bits per heavy atom. The monoisotopic (exact) mass is 670 g/mol. The van der Waals surface area contributed by atoms with Crippen LogP contribution in [0.5, 0.6) is 34.8 Å². The molecule has 1 aliphatic rings. The van der Waals surface area contributed by atoms with E-state index in [1.165, 1.54) is 18.2 Å². The number of amidine groups is 1. The van der Waals surface area contributed by atoms with Crippen LogP contribution >= 0.6 is 0 Å². The molecule has 4 aromatic rings. The highest BCUT2D eigenvalue weighted by atomic mass is 19.1. The van der Waals surface area contributed by atoms with Gasteiger partial charge in [-0.25, -0.2) is 4.79 Å². The van der Waals surface area contributed by atoms with E-state index in [4.69, 9.17) is 23.7 Å². The summed E-state index contributed by atoms with van der Waals surface area (Å²) in [5, 5.41) is 9.58. The lowest BCUT2D eigenvalue weighted by molar-refractivity contribution is -0.154. The molecule has 0 saturated heterocycles. The first-order valence-corrected chi connectivity index (χ1v) is 15.9. The van der Waals surface area contributed by atoms with Gasteiger partial charge in [-0.2, -0.15) is 19.0 Å². The number of nitriles is 1. The quantitative estimate of drug-likeness (QED) is 0.126. The van der Waals surface area contributed by atoms with Gasteiger partial charge in [0.1, 0.15) is 18.2 Å². The van der Waals surface area contributed by atoms with Gasteiger partial charge in [0.2, 0.25) is 17.4 Å². The molecule has 1 aliphatic heterocycles. The summed E-state index contributed by atoms with van der Waals surface area (Å²) in [6, 6.07) is 22.4. The molecule has 3 aromatic carbocycles. The van der Waals surface area contributed by atoms with Crippen molar-refractivity contribution in [1.82, 2.24) is 9.88 Å². The van der Waals surface area contributed by atoms with Crippen molar-refractivity contribution in [1.29, 1.82) is 5.26 Å². The third-order valence-corrected chi connectivity index (χ3v) is 7.78. The maximum absolute atomic E-state index is 16.3. The van der Waals surface area contributed by atoms with E-state index in [9.17, 15) is 10.1 Å². The fourth-order valence-electron chi connectivity index (χ4n) is 4.95. The van der Waals surface area contributed by atoms with Gasteiger partial charge in [-0.15, -0.1) is 0 Å². The fraction of sp³-hybridized carbons (Fsp3) is 0.297. The molecule has 10 nitrogen and oxygen atoms in total. The first-order chi connectivity index (χ1) is 23.7. The van der Waals surface area contributed by atoms with Crippen LogP contribution in [0, 0.1) is 28.9 Å². The molecule has 254 valence electrons. The second kappa shape index (κ2) is 15.9. The summed E-state index contributed by atoms with van der Waals surface area (Å²) in [4.78, 5) is 23.4. The second-order valence-corrected chi connectivity index (χ2v) is 11.3. The molecule has 0 N–H and O–H groups in total. The number of likely N-dealkylation sites (N-methyl/N-ethyl adjacent to an activating group) is 1. The molecule has 0 aliphatic carbocycles. The lowest BCUT2D eigenvalue weighted by atomic mass is 10.0. The molecule has 2 atom stereocenters. The minimum atomic E-state index is -1.36. The van der Waals surface area contributed by atoms with Crippen molar-refractivity contribution in [3.63, 3.8) is 0 Å². The molecule has 12 heteroatoms. The Kier molecular flexibility index (Phi) is 11.3. The third kappa shape index (κ3) is 8.24. The maximum atomic E-state index is 16.3. The van der Waals surface area contributed by atoms with Gasteiger partial charge >= 0.3 is 5.97 Å². The zero-order valence-corrected chi connectivity index (χ0v) is 27.6. The van der Waals surface area contributed by atoms with E-state index in [2.05, 4.69) is 9.98 Å². The Labute approximate surface area is 283 Å². The number of benzene rings is 3. The molecule has 2 heterocycles. The second-order valence-electron chi connectivity index (χ2n) is 11.3. The number of aromatic nitrogens is 1. The molecule has 2 unspecified atom stereocenters. The van der Waals surface area contributed by atoms with Crippen LogP contribution in [0.25, 0.3) is 0 Å². The number of ether oxygens (including phenoxy) is 5. The first-order valence-electron chi connectivity index (χ1n) is 15.9. The van der Waals surface area contributed by atoms with E-state index in [1.54, 1.807) is 39.0 Å². The molecule has 1 aromatic heterocycles. The molecule has 0 saturated carbocycles. The van der Waals surface area contributed by atoms with E-state index < -0.39 is 47.1 Å². The molecule has 0 bridgehead atoms. The largest absolute Gasteiger partial charge is 0.485 e. The van der Waals surface area contributed by atoms with Crippen molar-refractivity contribution in [2.24, 2.45) is 10.9 Å². The third-order valence-electron chi connectivity index (χ3n) is 7.78. The van der Waals surface area contributed by atoms with Crippen LogP contribution in [0.15, 0.2) is 77.8 Å². The number of hydrogen-bond donors (Lipinski definition) is 0. The number of carbonyl (C=O) groups is 1. The van der Waals surface area contributed by atoms with E-state index in [0.717, 1.165) is 23.5 Å². The van der Waals surface area contributed by atoms with E-state index in [0.29, 0.717) is 13.0 Å². The number of pyridine rings is 1. The van der Waals surface area contributed by atoms with Gasteiger partial charge in [0, 0.05) is 31.1 Å². The Balaban J connectivity index is 1.57. The smallest absolute Gasteiger partial charge is 0.347 e. The summed E-state index contributed by atoms with van der Waals surface area (Å²) < 4.78 is 61.2. The van der Waals surface area contributed by atoms with Gasteiger partial charge in [-0.05, 0) is 43.2 Å². The van der Waals surface area contributed by atoms with Crippen molar-refractivity contribution < 1.29 is 37.3 Å². The number of halogens is 2. The summed E-state index contributed by atoms with van der Waals surface area (Å²) >= 11 is 0. The highest BCUT2D eigenvalue weighted by molar-refractivity contribution is 5.99. The van der Waals surface area contributed by atoms with Gasteiger partial charge in [-0.1, -0.05) is 56.3 Å². The first kappa shape index (κ1) is 34.6. The predicted molar refractivity (Wildman–Crippen MR) is 177 cm³/mol. The minimum absolute atomic E-state index is 0.0387. The maximum Gasteiger partial charge on any atom is 0.347 e. The van der Waals surface area contributed by atoms with E-state index in [-0.39, 0.29) is 36.0 Å². The zero-order chi connectivity index (χ0) is 34.9. The van der Waals surface area contributed by atoms with Crippen LogP contribution in [0.1, 0.15) is 43.9 Å². The number of hydrogen-bond acceptors (Lipinski definition) is 10. The van der Waals surface area contributed by atoms with Gasteiger partial charge in [0.25, 0.3) is 11.8 Å². The lowest BCUT2D eigenvalue weighted by Crippen LogP contribution is -2.36. The normalized spacial score (nSPS) is 13.6. The van der Waals surface area contributed by atoms with Crippen LogP contribution < -0.4 is 18.9 Å². The Bertz CT molecular complexity index is 1860. The van der Waals surface area contributed by atoms with E-state index in [1.807, 2.05) is 54.4 Å². The Morgan fingerprint density at radius 2 is 1.73 bits per heavy atom. The Morgan fingerprint density at radius 3 is 2.41 bits per heavy atom. The predicted octanol–water partition coefficient (Wildman–Crippen LogP) is 7.44. The average Bonchev–Trinajstić information content (AvgIpc) is 3.55. The lowest BCUT2D eigenvalue weighted by Gasteiger charge is -2.24. The van der Waals surface area contributed by atoms with Crippen molar-refractivity contribution in [2.45, 2.75) is 39.9 Å². The average molecular weight is 671 g/mol. The fourth-order valence-corrected chi connectivity index (χ4v) is 4.95. The number of aliphatic imine (C=N–C) groups is 1. The van der Waals surface area contributed by atoms with Gasteiger partial charge < -0.3 is 28.6 Å². The summed E-state index contributed by atoms with van der Waals surface area (Å²) in [7, 11) is 1.91. The topological polar surface area (TPSA) is 116 Å².